The minimum absolute atomic E-state index is 0.00790. The highest BCUT2D eigenvalue weighted by Gasteiger charge is 2.49. The highest BCUT2D eigenvalue weighted by molar-refractivity contribution is 4.96. The highest BCUT2D eigenvalue weighted by atomic mass is 16.7. The number of hydrogen-bond donors (Lipinski definition) is 2. The molecule has 0 aromatic heterocycles. The standard InChI is InChI=1S/C19H36O5/c1-4-5-6-7-8-10-19(22-2,23-3)11-9-14-15-12-18(21)24-17(15)13-16(14)20/h14-18,20-21H,4-13H2,1-3H3/t14-,15-,16-,17+,18?/m1/s1. The van der Waals surface area contributed by atoms with E-state index in [1.165, 1.54) is 25.7 Å². The second-order valence-corrected chi connectivity index (χ2v) is 7.52. The smallest absolute Gasteiger partial charge is 0.167 e. The molecule has 0 amide bonds. The van der Waals surface area contributed by atoms with Gasteiger partial charge >= 0.3 is 0 Å². The van der Waals surface area contributed by atoms with Crippen LogP contribution in [0, 0.1) is 11.8 Å². The third-order valence-electron chi connectivity index (χ3n) is 6.07. The maximum absolute atomic E-state index is 10.4. The van der Waals surface area contributed by atoms with Crippen molar-refractivity contribution in [3.63, 3.8) is 0 Å². The highest BCUT2D eigenvalue weighted by Crippen LogP contribution is 2.45. The van der Waals surface area contributed by atoms with E-state index in [0.717, 1.165) is 25.7 Å². The Kier molecular flexibility index (Phi) is 7.95. The summed E-state index contributed by atoms with van der Waals surface area (Å²) in [5, 5.41) is 20.0. The van der Waals surface area contributed by atoms with Gasteiger partial charge < -0.3 is 24.4 Å². The van der Waals surface area contributed by atoms with E-state index in [9.17, 15) is 10.2 Å². The quantitative estimate of drug-likeness (QED) is 0.445. The Balaban J connectivity index is 1.83. The Bertz CT molecular complexity index is 358. The average Bonchev–Trinajstić information content (AvgIpc) is 3.06. The van der Waals surface area contributed by atoms with Crippen LogP contribution in [0.4, 0.5) is 0 Å². The lowest BCUT2D eigenvalue weighted by Gasteiger charge is -2.33. The molecular weight excluding hydrogens is 308 g/mol. The molecule has 0 aromatic carbocycles. The van der Waals surface area contributed by atoms with Crippen LogP contribution < -0.4 is 0 Å². The summed E-state index contributed by atoms with van der Waals surface area (Å²) in [5.41, 5.74) is 0. The topological polar surface area (TPSA) is 68.2 Å². The summed E-state index contributed by atoms with van der Waals surface area (Å²) in [4.78, 5) is 0. The molecule has 1 aliphatic carbocycles. The molecular formula is C19H36O5. The summed E-state index contributed by atoms with van der Waals surface area (Å²) >= 11 is 0. The largest absolute Gasteiger partial charge is 0.393 e. The fourth-order valence-electron chi connectivity index (χ4n) is 4.53. The van der Waals surface area contributed by atoms with Crippen molar-refractivity contribution in [3.05, 3.63) is 0 Å². The van der Waals surface area contributed by atoms with Gasteiger partial charge in [0.1, 0.15) is 0 Å². The molecule has 24 heavy (non-hydrogen) atoms. The molecule has 1 saturated heterocycles. The van der Waals surface area contributed by atoms with Gasteiger partial charge in [-0.15, -0.1) is 0 Å². The van der Waals surface area contributed by atoms with Gasteiger partial charge in [-0.05, 0) is 24.7 Å². The minimum atomic E-state index is -0.664. The number of methoxy groups -OCH3 is 2. The summed E-state index contributed by atoms with van der Waals surface area (Å²) in [7, 11) is 3.43. The Morgan fingerprint density at radius 2 is 1.71 bits per heavy atom. The molecule has 0 radical (unpaired) electrons. The van der Waals surface area contributed by atoms with Crippen molar-refractivity contribution in [1.82, 2.24) is 0 Å². The lowest BCUT2D eigenvalue weighted by molar-refractivity contribution is -0.218. The van der Waals surface area contributed by atoms with E-state index >= 15 is 0 Å². The molecule has 1 saturated carbocycles. The van der Waals surface area contributed by atoms with Crippen LogP contribution in [0.1, 0.15) is 71.1 Å². The summed E-state index contributed by atoms with van der Waals surface area (Å²) < 4.78 is 17.0. The molecule has 142 valence electrons. The van der Waals surface area contributed by atoms with Crippen molar-refractivity contribution in [2.24, 2.45) is 11.8 Å². The zero-order valence-electron chi connectivity index (χ0n) is 15.6. The van der Waals surface area contributed by atoms with Crippen molar-refractivity contribution in [3.8, 4) is 0 Å². The minimum Gasteiger partial charge on any atom is -0.393 e. The van der Waals surface area contributed by atoms with E-state index in [-0.39, 0.29) is 24.0 Å². The monoisotopic (exact) mass is 344 g/mol. The number of fused-ring (bicyclic) bond motifs is 1. The Hall–Kier alpha value is -0.200. The van der Waals surface area contributed by atoms with Crippen LogP contribution in [0.25, 0.3) is 0 Å². The van der Waals surface area contributed by atoms with E-state index in [0.29, 0.717) is 12.8 Å². The summed E-state index contributed by atoms with van der Waals surface area (Å²) in [6.07, 6.45) is 8.88. The fraction of sp³-hybridized carbons (Fsp3) is 1.00. The normalized spacial score (nSPS) is 33.1. The van der Waals surface area contributed by atoms with E-state index in [1.54, 1.807) is 14.2 Å². The van der Waals surface area contributed by atoms with Crippen molar-refractivity contribution >= 4 is 0 Å². The number of unbranched alkanes of at least 4 members (excludes halogenated alkanes) is 4. The summed E-state index contributed by atoms with van der Waals surface area (Å²) in [6, 6.07) is 0. The molecule has 5 heteroatoms. The molecule has 5 nitrogen and oxygen atoms in total. The van der Waals surface area contributed by atoms with Gasteiger partial charge in [-0.1, -0.05) is 32.6 Å². The fourth-order valence-corrected chi connectivity index (χ4v) is 4.53. The molecule has 2 rings (SSSR count). The van der Waals surface area contributed by atoms with Gasteiger partial charge in [-0.25, -0.2) is 0 Å². The van der Waals surface area contributed by atoms with Gasteiger partial charge in [0.2, 0.25) is 0 Å². The van der Waals surface area contributed by atoms with Crippen LogP contribution >= 0.6 is 0 Å². The van der Waals surface area contributed by atoms with Gasteiger partial charge in [0.15, 0.2) is 12.1 Å². The average molecular weight is 344 g/mol. The molecule has 0 spiro atoms. The van der Waals surface area contributed by atoms with Crippen LogP contribution in [0.5, 0.6) is 0 Å². The number of aliphatic hydroxyl groups excluding tert-OH is 2. The van der Waals surface area contributed by atoms with E-state index < -0.39 is 12.1 Å². The number of aliphatic hydroxyl groups is 2. The van der Waals surface area contributed by atoms with Crippen LogP contribution in [0.3, 0.4) is 0 Å². The van der Waals surface area contributed by atoms with Crippen molar-refractivity contribution < 1.29 is 24.4 Å². The van der Waals surface area contributed by atoms with Crippen molar-refractivity contribution in [2.45, 2.75) is 95.4 Å². The zero-order chi connectivity index (χ0) is 17.6. The summed E-state index contributed by atoms with van der Waals surface area (Å²) in [6.45, 7) is 2.22. The molecule has 2 aliphatic rings. The number of rotatable bonds is 11. The van der Waals surface area contributed by atoms with E-state index in [4.69, 9.17) is 14.2 Å². The second-order valence-electron chi connectivity index (χ2n) is 7.52. The van der Waals surface area contributed by atoms with E-state index in [2.05, 4.69) is 6.92 Å². The first-order valence-electron chi connectivity index (χ1n) is 9.67. The number of ether oxygens (including phenoxy) is 3. The number of hydrogen-bond acceptors (Lipinski definition) is 5. The van der Waals surface area contributed by atoms with Crippen LogP contribution in [0.15, 0.2) is 0 Å². The van der Waals surface area contributed by atoms with Gasteiger partial charge in [0.25, 0.3) is 0 Å². The molecule has 1 aliphatic heterocycles. The molecule has 2 N–H and O–H groups in total. The maximum Gasteiger partial charge on any atom is 0.167 e. The zero-order valence-corrected chi connectivity index (χ0v) is 15.6. The van der Waals surface area contributed by atoms with Crippen LogP contribution in [0.2, 0.25) is 0 Å². The molecule has 0 aromatic rings. The third kappa shape index (κ3) is 4.92. The van der Waals surface area contributed by atoms with Gasteiger partial charge in [-0.3, -0.25) is 0 Å². The predicted octanol–water partition coefficient (Wildman–Crippen LogP) is 3.22. The lowest BCUT2D eigenvalue weighted by Crippen LogP contribution is -2.35. The van der Waals surface area contributed by atoms with Gasteiger partial charge in [0.05, 0.1) is 12.2 Å². The molecule has 5 atom stereocenters. The first kappa shape index (κ1) is 20.1. The van der Waals surface area contributed by atoms with Gasteiger partial charge in [-0.2, -0.15) is 0 Å². The summed E-state index contributed by atoms with van der Waals surface area (Å²) in [5.74, 6) is -0.134. The van der Waals surface area contributed by atoms with Crippen LogP contribution in [-0.2, 0) is 14.2 Å². The maximum atomic E-state index is 10.4. The van der Waals surface area contributed by atoms with E-state index in [1.807, 2.05) is 0 Å². The molecule has 1 heterocycles. The Morgan fingerprint density at radius 3 is 2.38 bits per heavy atom. The first-order chi connectivity index (χ1) is 11.5. The third-order valence-corrected chi connectivity index (χ3v) is 6.07. The van der Waals surface area contributed by atoms with Crippen molar-refractivity contribution in [1.29, 1.82) is 0 Å². The molecule has 1 unspecified atom stereocenters. The first-order valence-corrected chi connectivity index (χ1v) is 9.67. The molecule has 2 fully saturated rings. The predicted molar refractivity (Wildman–Crippen MR) is 92.5 cm³/mol. The van der Waals surface area contributed by atoms with Crippen molar-refractivity contribution in [2.75, 3.05) is 14.2 Å². The Labute approximate surface area is 146 Å². The lowest BCUT2D eigenvalue weighted by atomic mass is 9.86. The SMILES string of the molecule is CCCCCCCC(CC[C@@H]1[C@H]2CC(O)O[C@H]2C[C@H]1O)(OC)OC. The molecule has 0 bridgehead atoms. The Morgan fingerprint density at radius 1 is 1.00 bits per heavy atom. The van der Waals surface area contributed by atoms with Crippen LogP contribution in [-0.4, -0.2) is 48.7 Å². The van der Waals surface area contributed by atoms with Gasteiger partial charge in [0, 0.05) is 39.9 Å². The second kappa shape index (κ2) is 9.48.